The van der Waals surface area contributed by atoms with Crippen LogP contribution in [0.5, 0.6) is 0 Å². The van der Waals surface area contributed by atoms with Crippen LogP contribution in [0, 0.1) is 12.8 Å². The highest BCUT2D eigenvalue weighted by Crippen LogP contribution is 2.26. The van der Waals surface area contributed by atoms with Crippen LogP contribution >= 0.6 is 11.3 Å². The van der Waals surface area contributed by atoms with E-state index in [4.69, 9.17) is 0 Å². The Labute approximate surface area is 131 Å². The predicted octanol–water partition coefficient (Wildman–Crippen LogP) is 2.68. The van der Waals surface area contributed by atoms with Crippen molar-refractivity contribution in [3.8, 4) is 0 Å². The highest BCUT2D eigenvalue weighted by Gasteiger charge is 2.28. The lowest BCUT2D eigenvalue weighted by Crippen LogP contribution is -2.50. The van der Waals surface area contributed by atoms with E-state index in [0.717, 1.165) is 50.6 Å². The molecule has 1 aliphatic heterocycles. The molecule has 0 N–H and O–H groups in total. The molecule has 5 heteroatoms. The Morgan fingerprint density at radius 3 is 2.57 bits per heavy atom. The largest absolute Gasteiger partial charge is 0.340 e. The third kappa shape index (κ3) is 3.83. The van der Waals surface area contributed by atoms with Gasteiger partial charge in [0.2, 0.25) is 5.91 Å². The molecule has 0 radical (unpaired) electrons. The van der Waals surface area contributed by atoms with E-state index < -0.39 is 0 Å². The van der Waals surface area contributed by atoms with Crippen LogP contribution in [-0.2, 0) is 11.3 Å². The van der Waals surface area contributed by atoms with Crippen LogP contribution in [0.4, 0.5) is 0 Å². The number of aromatic nitrogens is 1. The quantitative estimate of drug-likeness (QED) is 0.861. The first-order valence-electron chi connectivity index (χ1n) is 8.14. The first-order chi connectivity index (χ1) is 10.2. The minimum absolute atomic E-state index is 0.312. The summed E-state index contributed by atoms with van der Waals surface area (Å²) < 4.78 is 0. The molecule has 1 aliphatic carbocycles. The van der Waals surface area contributed by atoms with Crippen molar-refractivity contribution in [2.24, 2.45) is 5.92 Å². The molecule has 4 nitrogen and oxygen atoms in total. The highest BCUT2D eigenvalue weighted by molar-refractivity contribution is 7.09. The fraction of sp³-hybridized carbons (Fsp3) is 0.750. The zero-order valence-electron chi connectivity index (χ0n) is 12.9. The second kappa shape index (κ2) is 6.88. The summed E-state index contributed by atoms with van der Waals surface area (Å²) in [5.41, 5.74) is 1.17. The number of aryl methyl sites for hydroxylation is 1. The summed E-state index contributed by atoms with van der Waals surface area (Å²) >= 11 is 1.71. The van der Waals surface area contributed by atoms with Gasteiger partial charge in [0.1, 0.15) is 0 Å². The van der Waals surface area contributed by atoms with Gasteiger partial charge in [-0.1, -0.05) is 19.3 Å². The van der Waals surface area contributed by atoms with Crippen molar-refractivity contribution in [3.63, 3.8) is 0 Å². The van der Waals surface area contributed by atoms with Crippen LogP contribution in [-0.4, -0.2) is 46.9 Å². The van der Waals surface area contributed by atoms with Gasteiger partial charge in [-0.05, 0) is 19.8 Å². The maximum atomic E-state index is 12.5. The third-order valence-corrected chi connectivity index (χ3v) is 5.51. The monoisotopic (exact) mass is 307 g/mol. The van der Waals surface area contributed by atoms with Gasteiger partial charge in [-0.25, -0.2) is 4.98 Å². The Kier molecular flexibility index (Phi) is 4.91. The Morgan fingerprint density at radius 1 is 1.24 bits per heavy atom. The number of carbonyl (C=O) groups excluding carboxylic acids is 1. The molecule has 0 spiro atoms. The van der Waals surface area contributed by atoms with E-state index in [-0.39, 0.29) is 0 Å². The normalized spacial score (nSPS) is 21.7. The lowest BCUT2D eigenvalue weighted by atomic mass is 9.88. The molecule has 1 saturated heterocycles. The van der Waals surface area contributed by atoms with E-state index in [0.29, 0.717) is 11.8 Å². The molecule has 2 heterocycles. The SMILES string of the molecule is Cc1nc(CN2CCN(C(=O)C3CCCCC3)CC2)cs1. The van der Waals surface area contributed by atoms with Crippen molar-refractivity contribution >= 4 is 17.2 Å². The maximum absolute atomic E-state index is 12.5. The Morgan fingerprint density at radius 2 is 1.95 bits per heavy atom. The van der Waals surface area contributed by atoms with Gasteiger partial charge in [-0.3, -0.25) is 9.69 Å². The first kappa shape index (κ1) is 15.0. The van der Waals surface area contributed by atoms with Gasteiger partial charge in [-0.15, -0.1) is 11.3 Å². The zero-order chi connectivity index (χ0) is 14.7. The summed E-state index contributed by atoms with van der Waals surface area (Å²) in [6.07, 6.45) is 6.00. The topological polar surface area (TPSA) is 36.4 Å². The third-order valence-electron chi connectivity index (χ3n) is 4.69. The van der Waals surface area contributed by atoms with Crippen LogP contribution in [0.1, 0.15) is 42.8 Å². The first-order valence-corrected chi connectivity index (χ1v) is 9.02. The standard InChI is InChI=1S/C16H25N3OS/c1-13-17-15(12-21-13)11-18-7-9-19(10-8-18)16(20)14-5-3-2-4-6-14/h12,14H,2-11H2,1H3. The highest BCUT2D eigenvalue weighted by atomic mass is 32.1. The van der Waals surface area contributed by atoms with Gasteiger partial charge in [0.25, 0.3) is 0 Å². The summed E-state index contributed by atoms with van der Waals surface area (Å²) in [5, 5.41) is 3.28. The lowest BCUT2D eigenvalue weighted by molar-refractivity contribution is -0.138. The minimum atomic E-state index is 0.312. The number of hydrogen-bond acceptors (Lipinski definition) is 4. The van der Waals surface area contributed by atoms with Crippen LogP contribution in [0.15, 0.2) is 5.38 Å². The molecule has 1 amide bonds. The predicted molar refractivity (Wildman–Crippen MR) is 85.3 cm³/mol. The summed E-state index contributed by atoms with van der Waals surface area (Å²) in [6.45, 7) is 6.71. The molecule has 21 heavy (non-hydrogen) atoms. The van der Waals surface area contributed by atoms with Crippen molar-refractivity contribution in [2.75, 3.05) is 26.2 Å². The molecule has 1 aromatic heterocycles. The number of nitrogens with zero attached hydrogens (tertiary/aromatic N) is 3. The number of piperazine rings is 1. The molecule has 3 rings (SSSR count). The average Bonchev–Trinajstić information content (AvgIpc) is 2.93. The number of hydrogen-bond donors (Lipinski definition) is 0. The van der Waals surface area contributed by atoms with Crippen LogP contribution in [0.3, 0.4) is 0 Å². The minimum Gasteiger partial charge on any atom is -0.340 e. The molecule has 0 aromatic carbocycles. The summed E-state index contributed by atoms with van der Waals surface area (Å²) in [6, 6.07) is 0. The van der Waals surface area contributed by atoms with Crippen LogP contribution in [0.2, 0.25) is 0 Å². The summed E-state index contributed by atoms with van der Waals surface area (Å²) in [5.74, 6) is 0.727. The molecular formula is C16H25N3OS. The molecule has 2 aliphatic rings. The lowest BCUT2D eigenvalue weighted by Gasteiger charge is -2.36. The molecule has 0 atom stereocenters. The molecule has 116 valence electrons. The van der Waals surface area contributed by atoms with Crippen LogP contribution < -0.4 is 0 Å². The number of carbonyl (C=O) groups is 1. The maximum Gasteiger partial charge on any atom is 0.225 e. The van der Waals surface area contributed by atoms with Gasteiger partial charge in [0.05, 0.1) is 10.7 Å². The van der Waals surface area contributed by atoms with Crippen molar-refractivity contribution in [1.82, 2.24) is 14.8 Å². The van der Waals surface area contributed by atoms with Gasteiger partial charge in [0.15, 0.2) is 0 Å². The smallest absolute Gasteiger partial charge is 0.225 e. The summed E-state index contributed by atoms with van der Waals surface area (Å²) in [4.78, 5) is 21.6. The van der Waals surface area contributed by atoms with E-state index in [1.54, 1.807) is 11.3 Å². The average molecular weight is 307 g/mol. The van der Waals surface area contributed by atoms with Gasteiger partial charge < -0.3 is 4.90 Å². The molecule has 0 bridgehead atoms. The van der Waals surface area contributed by atoms with E-state index in [1.807, 2.05) is 0 Å². The van der Waals surface area contributed by atoms with E-state index in [2.05, 4.69) is 27.1 Å². The van der Waals surface area contributed by atoms with Crippen molar-refractivity contribution in [2.45, 2.75) is 45.6 Å². The number of thiazole rings is 1. The Bertz CT molecular complexity index is 474. The second-order valence-corrected chi connectivity index (χ2v) is 7.36. The van der Waals surface area contributed by atoms with Crippen molar-refractivity contribution in [3.05, 3.63) is 16.1 Å². The Balaban J connectivity index is 1.47. The molecule has 1 aromatic rings. The van der Waals surface area contributed by atoms with Gasteiger partial charge in [0, 0.05) is 44.0 Å². The molecular weight excluding hydrogens is 282 g/mol. The van der Waals surface area contributed by atoms with Crippen LogP contribution in [0.25, 0.3) is 0 Å². The molecule has 1 saturated carbocycles. The van der Waals surface area contributed by atoms with Gasteiger partial charge >= 0.3 is 0 Å². The van der Waals surface area contributed by atoms with Crippen molar-refractivity contribution in [1.29, 1.82) is 0 Å². The number of rotatable bonds is 3. The fourth-order valence-electron chi connectivity index (χ4n) is 3.44. The van der Waals surface area contributed by atoms with Crippen molar-refractivity contribution < 1.29 is 4.79 Å². The molecule has 0 unspecified atom stereocenters. The van der Waals surface area contributed by atoms with E-state index >= 15 is 0 Å². The second-order valence-electron chi connectivity index (χ2n) is 6.29. The van der Waals surface area contributed by atoms with E-state index in [1.165, 1.54) is 25.0 Å². The molecule has 2 fully saturated rings. The van der Waals surface area contributed by atoms with E-state index in [9.17, 15) is 4.79 Å². The fourth-order valence-corrected chi connectivity index (χ4v) is 4.05. The Hall–Kier alpha value is -0.940. The summed E-state index contributed by atoms with van der Waals surface area (Å²) in [7, 11) is 0. The zero-order valence-corrected chi connectivity index (χ0v) is 13.7. The number of amides is 1. The van der Waals surface area contributed by atoms with Gasteiger partial charge in [-0.2, -0.15) is 0 Å².